The molecule has 1 unspecified atom stereocenters. The van der Waals surface area contributed by atoms with Crippen molar-refractivity contribution >= 4 is 11.5 Å². The Hall–Kier alpha value is -1.40. The summed E-state index contributed by atoms with van der Waals surface area (Å²) in [5, 5.41) is 4.18. The number of rotatable bonds is 2. The van der Waals surface area contributed by atoms with E-state index in [9.17, 15) is 0 Å². The van der Waals surface area contributed by atoms with Crippen LogP contribution in [0.1, 0.15) is 42.9 Å². The summed E-state index contributed by atoms with van der Waals surface area (Å²) in [6, 6.07) is -0.259. The SMILES string of the molecule is CC(C)(C)c1nnsc1C(N)c1cncnc1. The fourth-order valence-corrected chi connectivity index (χ4v) is 2.44. The van der Waals surface area contributed by atoms with Gasteiger partial charge in [-0.15, -0.1) is 5.10 Å². The lowest BCUT2D eigenvalue weighted by Crippen LogP contribution is -2.19. The van der Waals surface area contributed by atoms with Crippen molar-refractivity contribution in [3.8, 4) is 0 Å². The van der Waals surface area contributed by atoms with Crippen molar-refractivity contribution < 1.29 is 0 Å². The first kappa shape index (κ1) is 12.1. The molecule has 0 aliphatic carbocycles. The molecule has 0 amide bonds. The third kappa shape index (κ3) is 2.48. The average Bonchev–Trinajstić information content (AvgIpc) is 2.78. The van der Waals surface area contributed by atoms with Crippen LogP contribution in [0.15, 0.2) is 18.7 Å². The minimum absolute atomic E-state index is 0.0599. The Kier molecular flexibility index (Phi) is 3.17. The van der Waals surface area contributed by atoms with Crippen molar-refractivity contribution in [3.63, 3.8) is 0 Å². The Balaban J connectivity index is 2.39. The summed E-state index contributed by atoms with van der Waals surface area (Å²) in [6.45, 7) is 6.30. The van der Waals surface area contributed by atoms with Gasteiger partial charge in [0.2, 0.25) is 0 Å². The van der Waals surface area contributed by atoms with Gasteiger partial charge in [0, 0.05) is 23.4 Å². The molecule has 0 aliphatic heterocycles. The van der Waals surface area contributed by atoms with Gasteiger partial charge in [-0.25, -0.2) is 9.97 Å². The summed E-state index contributed by atoms with van der Waals surface area (Å²) in [7, 11) is 0. The highest BCUT2D eigenvalue weighted by Crippen LogP contribution is 2.31. The summed E-state index contributed by atoms with van der Waals surface area (Å²) in [6.07, 6.45) is 4.94. The smallest absolute Gasteiger partial charge is 0.115 e. The first-order valence-electron chi connectivity index (χ1n) is 5.33. The molecule has 2 N–H and O–H groups in total. The Bertz CT molecular complexity index is 488. The molecule has 1 atom stereocenters. The van der Waals surface area contributed by atoms with Crippen LogP contribution < -0.4 is 5.73 Å². The number of hydrogen-bond acceptors (Lipinski definition) is 6. The molecule has 0 fully saturated rings. The van der Waals surface area contributed by atoms with Crippen LogP contribution in [-0.4, -0.2) is 19.6 Å². The quantitative estimate of drug-likeness (QED) is 0.876. The van der Waals surface area contributed by atoms with Crippen molar-refractivity contribution in [3.05, 3.63) is 34.9 Å². The monoisotopic (exact) mass is 249 g/mol. The van der Waals surface area contributed by atoms with Crippen LogP contribution in [0.4, 0.5) is 0 Å². The van der Waals surface area contributed by atoms with E-state index in [2.05, 4.69) is 40.3 Å². The van der Waals surface area contributed by atoms with Gasteiger partial charge in [-0.1, -0.05) is 25.3 Å². The minimum atomic E-state index is -0.259. The van der Waals surface area contributed by atoms with Crippen molar-refractivity contribution in [2.45, 2.75) is 32.2 Å². The van der Waals surface area contributed by atoms with Gasteiger partial charge in [0.1, 0.15) is 6.33 Å². The molecule has 6 heteroatoms. The van der Waals surface area contributed by atoms with Crippen molar-refractivity contribution in [2.24, 2.45) is 5.73 Å². The Morgan fingerprint density at radius 3 is 2.47 bits per heavy atom. The molecule has 0 aromatic carbocycles. The zero-order valence-electron chi connectivity index (χ0n) is 10.1. The molecule has 2 rings (SSSR count). The van der Waals surface area contributed by atoms with Gasteiger partial charge in [-0.3, -0.25) is 0 Å². The maximum absolute atomic E-state index is 6.21. The molecule has 0 bridgehead atoms. The van der Waals surface area contributed by atoms with E-state index in [0.29, 0.717) is 0 Å². The van der Waals surface area contributed by atoms with E-state index in [1.165, 1.54) is 17.9 Å². The van der Waals surface area contributed by atoms with E-state index >= 15 is 0 Å². The van der Waals surface area contributed by atoms with E-state index in [1.54, 1.807) is 12.4 Å². The summed E-state index contributed by atoms with van der Waals surface area (Å²) in [5.74, 6) is 0. The van der Waals surface area contributed by atoms with E-state index in [4.69, 9.17) is 5.73 Å². The Morgan fingerprint density at radius 1 is 1.24 bits per heavy atom. The normalized spacial score (nSPS) is 13.6. The molecule has 90 valence electrons. The third-order valence-corrected chi connectivity index (χ3v) is 3.25. The molecule has 0 saturated heterocycles. The predicted molar refractivity (Wildman–Crippen MR) is 66.7 cm³/mol. The second-order valence-corrected chi connectivity index (χ2v) is 5.67. The third-order valence-electron chi connectivity index (χ3n) is 2.45. The molecule has 0 radical (unpaired) electrons. The van der Waals surface area contributed by atoms with Crippen molar-refractivity contribution in [2.75, 3.05) is 0 Å². The van der Waals surface area contributed by atoms with Gasteiger partial charge in [0.25, 0.3) is 0 Å². The van der Waals surface area contributed by atoms with Crippen LogP contribution in [0, 0.1) is 0 Å². The molecule has 2 heterocycles. The lowest BCUT2D eigenvalue weighted by Gasteiger charge is -2.19. The zero-order valence-corrected chi connectivity index (χ0v) is 10.9. The van der Waals surface area contributed by atoms with E-state index in [1.807, 2.05) is 0 Å². The highest BCUT2D eigenvalue weighted by molar-refractivity contribution is 7.05. The van der Waals surface area contributed by atoms with Crippen LogP contribution in [-0.2, 0) is 5.41 Å². The summed E-state index contributed by atoms with van der Waals surface area (Å²) < 4.78 is 4.01. The molecule has 5 nitrogen and oxygen atoms in total. The lowest BCUT2D eigenvalue weighted by molar-refractivity contribution is 0.556. The molecule has 0 aliphatic rings. The minimum Gasteiger partial charge on any atom is -0.319 e. The fourth-order valence-electron chi connectivity index (χ4n) is 1.54. The molecular weight excluding hydrogens is 234 g/mol. The second kappa shape index (κ2) is 4.46. The van der Waals surface area contributed by atoms with Gasteiger partial charge in [0.15, 0.2) is 0 Å². The average molecular weight is 249 g/mol. The van der Waals surface area contributed by atoms with Gasteiger partial charge in [-0.05, 0) is 11.5 Å². The Labute approximate surface area is 104 Å². The van der Waals surface area contributed by atoms with Crippen LogP contribution in [0.25, 0.3) is 0 Å². The number of nitrogens with zero attached hydrogens (tertiary/aromatic N) is 4. The van der Waals surface area contributed by atoms with Gasteiger partial charge < -0.3 is 5.73 Å². The van der Waals surface area contributed by atoms with Gasteiger partial charge in [0.05, 0.1) is 16.6 Å². The highest BCUT2D eigenvalue weighted by atomic mass is 32.1. The topological polar surface area (TPSA) is 77.6 Å². The molecule has 2 aromatic heterocycles. The molecule has 17 heavy (non-hydrogen) atoms. The molecule has 2 aromatic rings. The van der Waals surface area contributed by atoms with Crippen LogP contribution in [0.5, 0.6) is 0 Å². The first-order valence-corrected chi connectivity index (χ1v) is 6.10. The van der Waals surface area contributed by atoms with E-state index in [0.717, 1.165) is 16.1 Å². The van der Waals surface area contributed by atoms with Crippen LogP contribution >= 0.6 is 11.5 Å². The van der Waals surface area contributed by atoms with Crippen molar-refractivity contribution in [1.29, 1.82) is 0 Å². The zero-order chi connectivity index (χ0) is 12.5. The number of aromatic nitrogens is 4. The van der Waals surface area contributed by atoms with Crippen LogP contribution in [0.3, 0.4) is 0 Å². The predicted octanol–water partition coefficient (Wildman–Crippen LogP) is 1.67. The van der Waals surface area contributed by atoms with Crippen molar-refractivity contribution in [1.82, 2.24) is 19.6 Å². The second-order valence-electron chi connectivity index (χ2n) is 4.89. The maximum atomic E-state index is 6.21. The summed E-state index contributed by atoms with van der Waals surface area (Å²) in [5.41, 5.74) is 7.97. The van der Waals surface area contributed by atoms with Gasteiger partial charge in [-0.2, -0.15) is 0 Å². The largest absolute Gasteiger partial charge is 0.319 e. The Morgan fingerprint density at radius 2 is 1.88 bits per heavy atom. The van der Waals surface area contributed by atoms with E-state index in [-0.39, 0.29) is 11.5 Å². The van der Waals surface area contributed by atoms with E-state index < -0.39 is 0 Å². The lowest BCUT2D eigenvalue weighted by atomic mass is 9.89. The molecular formula is C11H15N5S. The summed E-state index contributed by atoms with van der Waals surface area (Å²) >= 11 is 1.34. The number of nitrogens with two attached hydrogens (primary N) is 1. The summed E-state index contributed by atoms with van der Waals surface area (Å²) in [4.78, 5) is 8.94. The fraction of sp³-hybridized carbons (Fsp3) is 0.455. The first-order chi connectivity index (χ1) is 8.00. The molecule has 0 saturated carbocycles. The highest BCUT2D eigenvalue weighted by Gasteiger charge is 2.26. The van der Waals surface area contributed by atoms with Crippen LogP contribution in [0.2, 0.25) is 0 Å². The molecule has 0 spiro atoms. The standard InChI is InChI=1S/C11H15N5S/c1-11(2,3)10-9(17-16-15-10)8(12)7-4-13-6-14-5-7/h4-6,8H,12H2,1-3H3. The number of hydrogen-bond donors (Lipinski definition) is 1. The van der Waals surface area contributed by atoms with Gasteiger partial charge >= 0.3 is 0 Å². The maximum Gasteiger partial charge on any atom is 0.115 e.